The summed E-state index contributed by atoms with van der Waals surface area (Å²) in [6, 6.07) is 12.0. The molecule has 0 aliphatic heterocycles. The molecule has 2 N–H and O–H groups in total. The lowest BCUT2D eigenvalue weighted by Crippen LogP contribution is -2.15. The minimum absolute atomic E-state index is 0.0630. The van der Waals surface area contributed by atoms with Gasteiger partial charge in [-0.2, -0.15) is 0 Å². The molecule has 0 spiro atoms. The van der Waals surface area contributed by atoms with Gasteiger partial charge in [0.05, 0.1) is 5.00 Å². The number of carboxylic acids is 1. The molecule has 0 aliphatic carbocycles. The first-order valence-corrected chi connectivity index (χ1v) is 9.20. The summed E-state index contributed by atoms with van der Waals surface area (Å²) in [6.07, 6.45) is 0. The van der Waals surface area contributed by atoms with Gasteiger partial charge in [0.2, 0.25) is 5.69 Å². The van der Waals surface area contributed by atoms with Gasteiger partial charge >= 0.3 is 5.97 Å². The van der Waals surface area contributed by atoms with E-state index in [4.69, 9.17) is 9.63 Å². The van der Waals surface area contributed by atoms with E-state index in [-0.39, 0.29) is 22.4 Å². The summed E-state index contributed by atoms with van der Waals surface area (Å²) >= 11 is 1.41. The van der Waals surface area contributed by atoms with Crippen LogP contribution >= 0.6 is 11.3 Å². The number of amides is 1. The number of hydrogen-bond donors (Lipinski definition) is 2. The number of nitrogens with zero attached hydrogens (tertiary/aromatic N) is 1. The largest absolute Gasteiger partial charge is 0.476 e. The van der Waals surface area contributed by atoms with Crippen molar-refractivity contribution in [3.8, 4) is 10.4 Å². The Labute approximate surface area is 160 Å². The van der Waals surface area contributed by atoms with Gasteiger partial charge in [-0.25, -0.2) is 4.79 Å². The maximum atomic E-state index is 12.5. The summed E-state index contributed by atoms with van der Waals surface area (Å²) in [5.74, 6) is -1.69. The first kappa shape index (κ1) is 18.8. The second-order valence-corrected chi connectivity index (χ2v) is 8.30. The van der Waals surface area contributed by atoms with Crippen LogP contribution in [0.15, 0.2) is 40.9 Å². The SMILES string of the molecule is Cc1onc(C(=O)O)c1C(=O)Nc1ccc(-c2ccc(C(C)(C)C)cc2)s1. The Morgan fingerprint density at radius 2 is 1.78 bits per heavy atom. The third kappa shape index (κ3) is 3.93. The Balaban J connectivity index is 1.80. The molecular weight excluding hydrogens is 364 g/mol. The molecule has 27 heavy (non-hydrogen) atoms. The van der Waals surface area contributed by atoms with Crippen LogP contribution in [0.4, 0.5) is 5.00 Å². The van der Waals surface area contributed by atoms with Gasteiger partial charge in [0, 0.05) is 4.88 Å². The molecule has 3 aromatic rings. The Hall–Kier alpha value is -2.93. The van der Waals surface area contributed by atoms with Gasteiger partial charge in [0.15, 0.2) is 0 Å². The number of nitrogens with one attached hydrogen (secondary N) is 1. The normalized spacial score (nSPS) is 11.4. The van der Waals surface area contributed by atoms with Gasteiger partial charge in [-0.05, 0) is 35.6 Å². The molecule has 1 aromatic carbocycles. The maximum Gasteiger partial charge on any atom is 0.358 e. The molecule has 6 nitrogen and oxygen atoms in total. The van der Waals surface area contributed by atoms with E-state index in [0.29, 0.717) is 5.00 Å². The third-order valence-corrected chi connectivity index (χ3v) is 5.22. The van der Waals surface area contributed by atoms with Gasteiger partial charge in [-0.1, -0.05) is 50.2 Å². The van der Waals surface area contributed by atoms with Crippen molar-refractivity contribution in [1.29, 1.82) is 0 Å². The summed E-state index contributed by atoms with van der Waals surface area (Å²) < 4.78 is 4.84. The molecule has 0 saturated heterocycles. The number of carbonyl (C=O) groups is 2. The smallest absolute Gasteiger partial charge is 0.358 e. The number of aromatic carboxylic acids is 1. The van der Waals surface area contributed by atoms with Crippen LogP contribution in [0.1, 0.15) is 52.9 Å². The van der Waals surface area contributed by atoms with Gasteiger partial charge in [0.25, 0.3) is 5.91 Å². The van der Waals surface area contributed by atoms with Crippen LogP contribution in [0.25, 0.3) is 10.4 Å². The lowest BCUT2D eigenvalue weighted by atomic mass is 9.86. The first-order chi connectivity index (χ1) is 12.7. The highest BCUT2D eigenvalue weighted by Gasteiger charge is 2.25. The molecular formula is C20H20N2O4S. The van der Waals surface area contributed by atoms with Gasteiger partial charge < -0.3 is 14.9 Å². The van der Waals surface area contributed by atoms with Crippen LogP contribution in [0.3, 0.4) is 0 Å². The van der Waals surface area contributed by atoms with E-state index in [1.165, 1.54) is 23.8 Å². The van der Waals surface area contributed by atoms with E-state index in [1.54, 1.807) is 6.07 Å². The van der Waals surface area contributed by atoms with Crippen molar-refractivity contribution in [2.24, 2.45) is 0 Å². The quantitative estimate of drug-likeness (QED) is 0.663. The number of hydrogen-bond acceptors (Lipinski definition) is 5. The fourth-order valence-corrected chi connectivity index (χ4v) is 3.56. The monoisotopic (exact) mass is 384 g/mol. The fraction of sp³-hybridized carbons (Fsp3) is 0.250. The van der Waals surface area contributed by atoms with Gasteiger partial charge in [-0.3, -0.25) is 4.79 Å². The second kappa shape index (κ2) is 7.00. The average molecular weight is 384 g/mol. The molecule has 0 radical (unpaired) electrons. The second-order valence-electron chi connectivity index (χ2n) is 7.21. The molecule has 0 unspecified atom stereocenters. The summed E-state index contributed by atoms with van der Waals surface area (Å²) in [5, 5.41) is 15.9. The van der Waals surface area contributed by atoms with Crippen LogP contribution in [0.5, 0.6) is 0 Å². The highest BCUT2D eigenvalue weighted by atomic mass is 32.1. The molecule has 0 saturated carbocycles. The molecule has 0 aliphatic rings. The number of thiophene rings is 1. The number of carbonyl (C=O) groups excluding carboxylic acids is 1. The van der Waals surface area contributed by atoms with Crippen LogP contribution in [0, 0.1) is 6.92 Å². The van der Waals surface area contributed by atoms with Crippen molar-refractivity contribution in [2.75, 3.05) is 5.32 Å². The zero-order chi connectivity index (χ0) is 19.8. The predicted molar refractivity (Wildman–Crippen MR) is 105 cm³/mol. The molecule has 3 rings (SSSR count). The number of aryl methyl sites for hydroxylation is 1. The Kier molecular flexibility index (Phi) is 4.89. The molecule has 2 aromatic heterocycles. The van der Waals surface area contributed by atoms with E-state index in [9.17, 15) is 9.59 Å². The molecule has 0 atom stereocenters. The topological polar surface area (TPSA) is 92.4 Å². The van der Waals surface area contributed by atoms with E-state index in [1.807, 2.05) is 6.07 Å². The number of rotatable bonds is 4. The Bertz CT molecular complexity index is 994. The standard InChI is InChI=1S/C20H20N2O4S/c1-11-16(17(19(24)25)22-26-11)18(23)21-15-10-9-14(27-15)12-5-7-13(8-6-12)20(2,3)4/h5-10H,1-4H3,(H,21,23)(H,24,25). The van der Waals surface area contributed by atoms with Crippen molar-refractivity contribution < 1.29 is 19.2 Å². The Morgan fingerprint density at radius 1 is 1.11 bits per heavy atom. The molecule has 2 heterocycles. The lowest BCUT2D eigenvalue weighted by molar-refractivity contribution is 0.0682. The third-order valence-electron chi connectivity index (χ3n) is 4.17. The molecule has 0 fully saturated rings. The van der Waals surface area contributed by atoms with E-state index in [2.05, 4.69) is 55.5 Å². The van der Waals surface area contributed by atoms with Crippen molar-refractivity contribution in [1.82, 2.24) is 5.16 Å². The minimum atomic E-state index is -1.30. The molecule has 0 bridgehead atoms. The van der Waals surface area contributed by atoms with Crippen molar-refractivity contribution in [2.45, 2.75) is 33.1 Å². The fourth-order valence-electron chi connectivity index (χ4n) is 2.65. The summed E-state index contributed by atoms with van der Waals surface area (Å²) in [4.78, 5) is 24.6. The zero-order valence-corrected chi connectivity index (χ0v) is 16.3. The highest BCUT2D eigenvalue weighted by molar-refractivity contribution is 7.19. The number of benzene rings is 1. The number of carboxylic acid groups (broad SMARTS) is 1. The number of anilines is 1. The zero-order valence-electron chi connectivity index (χ0n) is 15.5. The average Bonchev–Trinajstić information content (AvgIpc) is 3.21. The van der Waals surface area contributed by atoms with Gasteiger partial charge in [-0.15, -0.1) is 11.3 Å². The van der Waals surface area contributed by atoms with E-state index >= 15 is 0 Å². The van der Waals surface area contributed by atoms with Crippen LogP contribution in [0.2, 0.25) is 0 Å². The van der Waals surface area contributed by atoms with Crippen molar-refractivity contribution in [3.63, 3.8) is 0 Å². The van der Waals surface area contributed by atoms with E-state index < -0.39 is 11.9 Å². The van der Waals surface area contributed by atoms with Crippen molar-refractivity contribution >= 4 is 28.2 Å². The van der Waals surface area contributed by atoms with Crippen LogP contribution in [-0.4, -0.2) is 22.1 Å². The highest BCUT2D eigenvalue weighted by Crippen LogP contribution is 2.33. The molecule has 1 amide bonds. The maximum absolute atomic E-state index is 12.5. The van der Waals surface area contributed by atoms with Gasteiger partial charge in [0.1, 0.15) is 11.3 Å². The van der Waals surface area contributed by atoms with Crippen LogP contribution < -0.4 is 5.32 Å². The summed E-state index contributed by atoms with van der Waals surface area (Å²) in [5.41, 5.74) is 1.94. The lowest BCUT2D eigenvalue weighted by Gasteiger charge is -2.18. The Morgan fingerprint density at radius 3 is 2.37 bits per heavy atom. The summed E-state index contributed by atoms with van der Waals surface area (Å²) in [6.45, 7) is 8.00. The predicted octanol–water partition coefficient (Wildman–Crippen LogP) is 4.96. The van der Waals surface area contributed by atoms with E-state index in [0.717, 1.165) is 10.4 Å². The number of aromatic nitrogens is 1. The van der Waals surface area contributed by atoms with Crippen LogP contribution in [-0.2, 0) is 5.41 Å². The first-order valence-electron chi connectivity index (χ1n) is 8.38. The molecule has 7 heteroatoms. The van der Waals surface area contributed by atoms with Crippen molar-refractivity contribution in [3.05, 3.63) is 59.0 Å². The molecule has 140 valence electrons. The summed E-state index contributed by atoms with van der Waals surface area (Å²) in [7, 11) is 0. The minimum Gasteiger partial charge on any atom is -0.476 e.